The molecule has 126 valence electrons. The Hall–Kier alpha value is -2.89. The zero-order chi connectivity index (χ0) is 17.4. The first-order valence-corrected chi connectivity index (χ1v) is 7.79. The van der Waals surface area contributed by atoms with Gasteiger partial charge >= 0.3 is 0 Å². The van der Waals surface area contributed by atoms with E-state index < -0.39 is 0 Å². The Labute approximate surface area is 141 Å². The smallest absolute Gasteiger partial charge is 0.272 e. The van der Waals surface area contributed by atoms with Gasteiger partial charge in [0.25, 0.3) is 5.91 Å². The number of hydrogen-bond donors (Lipinski definition) is 1. The van der Waals surface area contributed by atoms with Crippen LogP contribution < -0.4 is 14.9 Å². The lowest BCUT2D eigenvalue weighted by atomic mass is 10.2. The summed E-state index contributed by atoms with van der Waals surface area (Å²) in [5.74, 6) is 1.03. The van der Waals surface area contributed by atoms with E-state index in [-0.39, 0.29) is 5.91 Å². The van der Waals surface area contributed by atoms with Crippen LogP contribution in [0.2, 0.25) is 0 Å². The molecule has 6 nitrogen and oxygen atoms in total. The first-order valence-electron chi connectivity index (χ1n) is 7.79. The molecule has 2 aromatic rings. The number of hydrogen-bond acceptors (Lipinski definition) is 5. The predicted molar refractivity (Wildman–Crippen MR) is 92.8 cm³/mol. The quantitative estimate of drug-likeness (QED) is 0.627. The van der Waals surface area contributed by atoms with Crippen LogP contribution in [0.4, 0.5) is 0 Å². The van der Waals surface area contributed by atoms with E-state index in [4.69, 9.17) is 9.47 Å². The SMILES string of the molecule is CCOc1ccc(/C=N\NC(=O)c2ccc(C)nc2)cc1OCC. The van der Waals surface area contributed by atoms with Crippen molar-refractivity contribution in [1.82, 2.24) is 10.4 Å². The highest BCUT2D eigenvalue weighted by Crippen LogP contribution is 2.27. The Morgan fingerprint density at radius 2 is 1.92 bits per heavy atom. The van der Waals surface area contributed by atoms with Gasteiger partial charge in [-0.05, 0) is 56.7 Å². The van der Waals surface area contributed by atoms with Crippen molar-refractivity contribution in [3.8, 4) is 11.5 Å². The highest BCUT2D eigenvalue weighted by molar-refractivity contribution is 5.94. The standard InChI is InChI=1S/C18H21N3O3/c1-4-23-16-9-7-14(10-17(16)24-5-2)11-20-21-18(22)15-8-6-13(3)19-12-15/h6-12H,4-5H2,1-3H3,(H,21,22)/b20-11-. The van der Waals surface area contributed by atoms with E-state index in [2.05, 4.69) is 15.5 Å². The first kappa shape index (κ1) is 17.5. The van der Waals surface area contributed by atoms with Gasteiger partial charge in [-0.25, -0.2) is 5.43 Å². The van der Waals surface area contributed by atoms with E-state index in [1.54, 1.807) is 18.3 Å². The van der Waals surface area contributed by atoms with Gasteiger partial charge in [-0.3, -0.25) is 9.78 Å². The van der Waals surface area contributed by atoms with E-state index in [1.165, 1.54) is 6.20 Å². The summed E-state index contributed by atoms with van der Waals surface area (Å²) in [6.45, 7) is 6.79. The lowest BCUT2D eigenvalue weighted by Gasteiger charge is -2.11. The maximum Gasteiger partial charge on any atom is 0.272 e. The maximum absolute atomic E-state index is 11.9. The van der Waals surface area contributed by atoms with Crippen LogP contribution >= 0.6 is 0 Å². The van der Waals surface area contributed by atoms with Gasteiger partial charge in [0.2, 0.25) is 0 Å². The average molecular weight is 327 g/mol. The number of pyridine rings is 1. The molecule has 0 fully saturated rings. The van der Waals surface area contributed by atoms with Crippen LogP contribution in [0.15, 0.2) is 41.6 Å². The van der Waals surface area contributed by atoms with Gasteiger partial charge in [0, 0.05) is 11.9 Å². The molecule has 0 unspecified atom stereocenters. The van der Waals surface area contributed by atoms with Gasteiger partial charge in [-0.1, -0.05) is 0 Å². The fraction of sp³-hybridized carbons (Fsp3) is 0.278. The van der Waals surface area contributed by atoms with E-state index >= 15 is 0 Å². The van der Waals surface area contributed by atoms with Crippen molar-refractivity contribution in [1.29, 1.82) is 0 Å². The van der Waals surface area contributed by atoms with Crippen LogP contribution in [0.1, 0.15) is 35.5 Å². The average Bonchev–Trinajstić information content (AvgIpc) is 2.58. The van der Waals surface area contributed by atoms with Gasteiger partial charge in [0.15, 0.2) is 11.5 Å². The monoisotopic (exact) mass is 327 g/mol. The van der Waals surface area contributed by atoms with Crippen molar-refractivity contribution in [2.24, 2.45) is 5.10 Å². The molecule has 0 saturated carbocycles. The van der Waals surface area contributed by atoms with E-state index in [0.29, 0.717) is 30.3 Å². The Morgan fingerprint density at radius 3 is 2.58 bits per heavy atom. The van der Waals surface area contributed by atoms with Crippen LogP contribution in [0.3, 0.4) is 0 Å². The zero-order valence-corrected chi connectivity index (χ0v) is 14.1. The van der Waals surface area contributed by atoms with Crippen molar-refractivity contribution in [3.05, 3.63) is 53.3 Å². The van der Waals surface area contributed by atoms with Gasteiger partial charge in [-0.2, -0.15) is 5.10 Å². The Morgan fingerprint density at radius 1 is 1.17 bits per heavy atom. The number of nitrogens with zero attached hydrogens (tertiary/aromatic N) is 2. The van der Waals surface area contributed by atoms with Crippen molar-refractivity contribution in [2.75, 3.05) is 13.2 Å². The van der Waals surface area contributed by atoms with Gasteiger partial charge in [0.05, 0.1) is 25.0 Å². The summed E-state index contributed by atoms with van der Waals surface area (Å²) in [6.07, 6.45) is 3.07. The number of nitrogens with one attached hydrogen (secondary N) is 1. The van der Waals surface area contributed by atoms with Crippen molar-refractivity contribution < 1.29 is 14.3 Å². The summed E-state index contributed by atoms with van der Waals surface area (Å²) in [7, 11) is 0. The van der Waals surface area contributed by atoms with E-state index in [9.17, 15) is 4.79 Å². The number of hydrazone groups is 1. The second kappa shape index (κ2) is 8.67. The molecule has 0 aliphatic carbocycles. The zero-order valence-electron chi connectivity index (χ0n) is 14.1. The number of carbonyl (C=O) groups excluding carboxylic acids is 1. The third kappa shape index (κ3) is 4.81. The molecule has 1 aromatic heterocycles. The molecule has 1 N–H and O–H groups in total. The number of aryl methyl sites for hydroxylation is 1. The second-order valence-electron chi connectivity index (χ2n) is 4.96. The van der Waals surface area contributed by atoms with Gasteiger partial charge in [0.1, 0.15) is 0 Å². The van der Waals surface area contributed by atoms with Crippen molar-refractivity contribution in [3.63, 3.8) is 0 Å². The number of aromatic nitrogens is 1. The molecule has 24 heavy (non-hydrogen) atoms. The minimum absolute atomic E-state index is 0.310. The van der Waals surface area contributed by atoms with Crippen LogP contribution in [-0.4, -0.2) is 30.3 Å². The van der Waals surface area contributed by atoms with Crippen molar-refractivity contribution in [2.45, 2.75) is 20.8 Å². The Balaban J connectivity index is 2.04. The molecule has 0 bridgehead atoms. The second-order valence-corrected chi connectivity index (χ2v) is 4.96. The molecule has 0 spiro atoms. The summed E-state index contributed by atoms with van der Waals surface area (Å²) in [6, 6.07) is 8.96. The fourth-order valence-electron chi connectivity index (χ4n) is 1.98. The molecule has 0 aliphatic rings. The highest BCUT2D eigenvalue weighted by Gasteiger charge is 2.06. The highest BCUT2D eigenvalue weighted by atomic mass is 16.5. The number of benzene rings is 1. The lowest BCUT2D eigenvalue weighted by molar-refractivity contribution is 0.0955. The summed E-state index contributed by atoms with van der Waals surface area (Å²) in [4.78, 5) is 16.0. The van der Waals surface area contributed by atoms with E-state index in [1.807, 2.05) is 39.0 Å². The van der Waals surface area contributed by atoms with Crippen LogP contribution in [0.25, 0.3) is 0 Å². The number of ether oxygens (including phenoxy) is 2. The first-order chi connectivity index (χ1) is 11.6. The predicted octanol–water partition coefficient (Wildman–Crippen LogP) is 2.95. The summed E-state index contributed by atoms with van der Waals surface area (Å²) in [5.41, 5.74) is 4.58. The van der Waals surface area contributed by atoms with Crippen LogP contribution in [0.5, 0.6) is 11.5 Å². The molecule has 1 heterocycles. The molecule has 0 radical (unpaired) electrons. The lowest BCUT2D eigenvalue weighted by Crippen LogP contribution is -2.17. The Kier molecular flexibility index (Phi) is 6.31. The third-order valence-corrected chi connectivity index (χ3v) is 3.12. The van der Waals surface area contributed by atoms with E-state index in [0.717, 1.165) is 11.3 Å². The number of amides is 1. The van der Waals surface area contributed by atoms with Crippen LogP contribution in [-0.2, 0) is 0 Å². The molecule has 0 atom stereocenters. The van der Waals surface area contributed by atoms with Crippen molar-refractivity contribution >= 4 is 12.1 Å². The van der Waals surface area contributed by atoms with Gasteiger partial charge in [-0.15, -0.1) is 0 Å². The minimum atomic E-state index is -0.310. The number of carbonyl (C=O) groups is 1. The summed E-state index contributed by atoms with van der Waals surface area (Å²) >= 11 is 0. The summed E-state index contributed by atoms with van der Waals surface area (Å²) in [5, 5.41) is 3.97. The molecule has 0 saturated heterocycles. The number of rotatable bonds is 7. The third-order valence-electron chi connectivity index (χ3n) is 3.12. The normalized spacial score (nSPS) is 10.6. The van der Waals surface area contributed by atoms with Gasteiger partial charge < -0.3 is 9.47 Å². The molecule has 2 rings (SSSR count). The molecule has 6 heteroatoms. The molecular weight excluding hydrogens is 306 g/mol. The Bertz CT molecular complexity index is 712. The summed E-state index contributed by atoms with van der Waals surface area (Å²) < 4.78 is 11.1. The molecule has 1 amide bonds. The fourth-order valence-corrected chi connectivity index (χ4v) is 1.98. The molecule has 1 aromatic carbocycles. The topological polar surface area (TPSA) is 72.8 Å². The maximum atomic E-state index is 11.9. The largest absolute Gasteiger partial charge is 0.490 e. The molecular formula is C18H21N3O3. The van der Waals surface area contributed by atoms with Crippen LogP contribution in [0, 0.1) is 6.92 Å². The molecule has 0 aliphatic heterocycles. The minimum Gasteiger partial charge on any atom is -0.490 e.